The standard InChI is InChI=1S/C17H26N2O2/c1-12(2)13-4-3-5-15(10-13)19-14-6-8-16(9-7-14)21-11-17(18)20/h6-9,12-13,15,19H,3-5,10-11H2,1-2H3,(H2,18,20). The van der Waals surface area contributed by atoms with Crippen LogP contribution in [0, 0.1) is 11.8 Å². The first-order valence-corrected chi connectivity index (χ1v) is 7.82. The van der Waals surface area contributed by atoms with Crippen molar-refractivity contribution in [1.82, 2.24) is 0 Å². The van der Waals surface area contributed by atoms with Crippen LogP contribution in [0.15, 0.2) is 24.3 Å². The molecule has 0 aromatic heterocycles. The summed E-state index contributed by atoms with van der Waals surface area (Å²) in [6.45, 7) is 4.56. The van der Waals surface area contributed by atoms with Crippen molar-refractivity contribution in [3.8, 4) is 5.75 Å². The zero-order chi connectivity index (χ0) is 15.2. The van der Waals surface area contributed by atoms with Crippen molar-refractivity contribution in [3.05, 3.63) is 24.3 Å². The average Bonchev–Trinajstić information content (AvgIpc) is 2.47. The molecule has 1 aliphatic carbocycles. The maximum atomic E-state index is 10.7. The Kier molecular flexibility index (Phi) is 5.48. The molecule has 1 aliphatic rings. The number of ether oxygens (including phenoxy) is 1. The Labute approximate surface area is 127 Å². The zero-order valence-corrected chi connectivity index (χ0v) is 13.0. The van der Waals surface area contributed by atoms with Crippen molar-refractivity contribution in [3.63, 3.8) is 0 Å². The molecule has 1 aromatic rings. The summed E-state index contributed by atoms with van der Waals surface area (Å²) in [4.78, 5) is 10.7. The van der Waals surface area contributed by atoms with Crippen molar-refractivity contribution in [2.24, 2.45) is 17.6 Å². The second-order valence-electron chi connectivity index (χ2n) is 6.29. The summed E-state index contributed by atoms with van der Waals surface area (Å²) < 4.78 is 5.26. The first-order chi connectivity index (χ1) is 10.0. The number of nitrogens with one attached hydrogen (secondary N) is 1. The summed E-state index contributed by atoms with van der Waals surface area (Å²) >= 11 is 0. The van der Waals surface area contributed by atoms with Crippen molar-refractivity contribution in [2.75, 3.05) is 11.9 Å². The van der Waals surface area contributed by atoms with E-state index in [2.05, 4.69) is 19.2 Å². The molecule has 2 unspecified atom stereocenters. The lowest BCUT2D eigenvalue weighted by molar-refractivity contribution is -0.119. The van der Waals surface area contributed by atoms with Crippen LogP contribution < -0.4 is 15.8 Å². The average molecular weight is 290 g/mol. The van der Waals surface area contributed by atoms with Crippen molar-refractivity contribution >= 4 is 11.6 Å². The highest BCUT2D eigenvalue weighted by Gasteiger charge is 2.23. The molecule has 116 valence electrons. The summed E-state index contributed by atoms with van der Waals surface area (Å²) in [6.07, 6.45) is 5.15. The minimum atomic E-state index is -0.459. The molecule has 1 saturated carbocycles. The zero-order valence-electron chi connectivity index (χ0n) is 13.0. The van der Waals surface area contributed by atoms with Gasteiger partial charge in [-0.3, -0.25) is 4.79 Å². The van der Waals surface area contributed by atoms with Crippen LogP contribution in [0.25, 0.3) is 0 Å². The molecule has 0 bridgehead atoms. The van der Waals surface area contributed by atoms with Crippen molar-refractivity contribution in [2.45, 2.75) is 45.6 Å². The third-order valence-corrected chi connectivity index (χ3v) is 4.26. The number of amides is 1. The number of carbonyl (C=O) groups excluding carboxylic acids is 1. The van der Waals surface area contributed by atoms with E-state index in [9.17, 15) is 4.79 Å². The van der Waals surface area contributed by atoms with E-state index in [1.165, 1.54) is 25.7 Å². The second kappa shape index (κ2) is 7.34. The van der Waals surface area contributed by atoms with Crippen LogP contribution in [0.1, 0.15) is 39.5 Å². The number of benzene rings is 1. The molecular formula is C17H26N2O2. The topological polar surface area (TPSA) is 64.3 Å². The fourth-order valence-corrected chi connectivity index (χ4v) is 3.00. The van der Waals surface area contributed by atoms with Crippen LogP contribution in [-0.4, -0.2) is 18.6 Å². The third-order valence-electron chi connectivity index (χ3n) is 4.26. The predicted octanol–water partition coefficient (Wildman–Crippen LogP) is 3.18. The Balaban J connectivity index is 1.86. The van der Waals surface area contributed by atoms with E-state index in [1.807, 2.05) is 24.3 Å². The molecule has 1 aromatic carbocycles. The van der Waals surface area contributed by atoms with Crippen LogP contribution in [0.2, 0.25) is 0 Å². The minimum Gasteiger partial charge on any atom is -0.484 e. The van der Waals surface area contributed by atoms with Gasteiger partial charge in [0.1, 0.15) is 5.75 Å². The summed E-state index contributed by atoms with van der Waals surface area (Å²) in [5, 5.41) is 3.61. The summed E-state index contributed by atoms with van der Waals surface area (Å²) in [5.74, 6) is 1.80. The van der Waals surface area contributed by atoms with Gasteiger partial charge in [0.05, 0.1) is 0 Å². The van der Waals surface area contributed by atoms with Gasteiger partial charge >= 0.3 is 0 Å². The molecule has 1 amide bonds. The predicted molar refractivity (Wildman–Crippen MR) is 85.3 cm³/mol. The van der Waals surface area contributed by atoms with Gasteiger partial charge in [0.25, 0.3) is 5.91 Å². The highest BCUT2D eigenvalue weighted by atomic mass is 16.5. The van der Waals surface area contributed by atoms with Gasteiger partial charge in [-0.2, -0.15) is 0 Å². The molecule has 0 heterocycles. The van der Waals surface area contributed by atoms with Gasteiger partial charge in [0, 0.05) is 11.7 Å². The molecule has 21 heavy (non-hydrogen) atoms. The molecule has 1 fully saturated rings. The Morgan fingerprint density at radius 3 is 2.67 bits per heavy atom. The second-order valence-corrected chi connectivity index (χ2v) is 6.29. The van der Waals surface area contributed by atoms with Gasteiger partial charge in [0.15, 0.2) is 6.61 Å². The van der Waals surface area contributed by atoms with Crippen LogP contribution in [0.4, 0.5) is 5.69 Å². The lowest BCUT2D eigenvalue weighted by Crippen LogP contribution is -2.29. The monoisotopic (exact) mass is 290 g/mol. The fraction of sp³-hybridized carbons (Fsp3) is 0.588. The number of nitrogens with two attached hydrogens (primary N) is 1. The first kappa shape index (κ1) is 15.7. The van der Waals surface area contributed by atoms with Crippen LogP contribution in [-0.2, 0) is 4.79 Å². The number of hydrogen-bond donors (Lipinski definition) is 2. The van der Waals surface area contributed by atoms with E-state index in [4.69, 9.17) is 10.5 Å². The van der Waals surface area contributed by atoms with E-state index in [-0.39, 0.29) is 6.61 Å². The summed E-state index contributed by atoms with van der Waals surface area (Å²) in [5.41, 5.74) is 6.16. The quantitative estimate of drug-likeness (QED) is 0.845. The van der Waals surface area contributed by atoms with Gasteiger partial charge in [-0.15, -0.1) is 0 Å². The smallest absolute Gasteiger partial charge is 0.255 e. The van der Waals surface area contributed by atoms with Crippen molar-refractivity contribution in [1.29, 1.82) is 0 Å². The molecule has 0 radical (unpaired) electrons. The fourth-order valence-electron chi connectivity index (χ4n) is 3.00. The van der Waals surface area contributed by atoms with Gasteiger partial charge < -0.3 is 15.8 Å². The van der Waals surface area contributed by atoms with Gasteiger partial charge in [-0.25, -0.2) is 0 Å². The van der Waals surface area contributed by atoms with Crippen LogP contribution in [0.3, 0.4) is 0 Å². The van der Waals surface area contributed by atoms with Crippen molar-refractivity contribution < 1.29 is 9.53 Å². The highest BCUT2D eigenvalue weighted by molar-refractivity contribution is 5.75. The van der Waals surface area contributed by atoms with E-state index < -0.39 is 5.91 Å². The van der Waals surface area contributed by atoms with Crippen LogP contribution >= 0.6 is 0 Å². The van der Waals surface area contributed by atoms with Gasteiger partial charge in [-0.1, -0.05) is 26.7 Å². The SMILES string of the molecule is CC(C)C1CCCC(Nc2ccc(OCC(N)=O)cc2)C1. The molecule has 0 saturated heterocycles. The molecule has 2 rings (SSSR count). The van der Waals surface area contributed by atoms with E-state index in [1.54, 1.807) is 0 Å². The van der Waals surface area contributed by atoms with Gasteiger partial charge in [0.2, 0.25) is 0 Å². The first-order valence-electron chi connectivity index (χ1n) is 7.82. The van der Waals surface area contributed by atoms with E-state index in [0.29, 0.717) is 11.8 Å². The number of hydrogen-bond acceptors (Lipinski definition) is 3. The largest absolute Gasteiger partial charge is 0.484 e. The molecule has 2 atom stereocenters. The maximum absolute atomic E-state index is 10.7. The molecule has 0 aliphatic heterocycles. The molecular weight excluding hydrogens is 264 g/mol. The maximum Gasteiger partial charge on any atom is 0.255 e. The van der Waals surface area contributed by atoms with Crippen LogP contribution in [0.5, 0.6) is 5.75 Å². The molecule has 4 heteroatoms. The lowest BCUT2D eigenvalue weighted by atomic mass is 9.79. The minimum absolute atomic E-state index is 0.0779. The highest BCUT2D eigenvalue weighted by Crippen LogP contribution is 2.31. The molecule has 4 nitrogen and oxygen atoms in total. The van der Waals surface area contributed by atoms with E-state index >= 15 is 0 Å². The molecule has 3 N–H and O–H groups in total. The van der Waals surface area contributed by atoms with E-state index in [0.717, 1.165) is 17.5 Å². The summed E-state index contributed by atoms with van der Waals surface area (Å²) in [6, 6.07) is 8.29. The van der Waals surface area contributed by atoms with Gasteiger partial charge in [-0.05, 0) is 48.9 Å². The number of primary amides is 1. The summed E-state index contributed by atoms with van der Waals surface area (Å²) in [7, 11) is 0. The number of rotatable bonds is 6. The Morgan fingerprint density at radius 2 is 2.05 bits per heavy atom. The normalized spacial score (nSPS) is 22.0. The lowest BCUT2D eigenvalue weighted by Gasteiger charge is -2.32. The molecule has 0 spiro atoms. The Hall–Kier alpha value is -1.71. The Bertz CT molecular complexity index is 456. The third kappa shape index (κ3) is 4.96. The Morgan fingerprint density at radius 1 is 1.33 bits per heavy atom. The number of carbonyl (C=O) groups is 1. The number of anilines is 1.